The minimum absolute atomic E-state index is 0.0339. The molecule has 0 saturated heterocycles. The summed E-state index contributed by atoms with van der Waals surface area (Å²) in [5.74, 6) is 0. The highest BCUT2D eigenvalue weighted by atomic mass is 32.1. The van der Waals surface area contributed by atoms with Gasteiger partial charge in [0.1, 0.15) is 6.54 Å². The molecule has 3 nitrogen and oxygen atoms in total. The van der Waals surface area contributed by atoms with Crippen LogP contribution in [0.3, 0.4) is 0 Å². The predicted molar refractivity (Wildman–Crippen MR) is 77.2 cm³/mol. The Balaban J connectivity index is 2.76. The lowest BCUT2D eigenvalue weighted by Crippen LogP contribution is -2.39. The lowest BCUT2D eigenvalue weighted by Gasteiger charge is -2.27. The van der Waals surface area contributed by atoms with Crippen LogP contribution in [0.15, 0.2) is 6.20 Å². The highest BCUT2D eigenvalue weighted by Gasteiger charge is 2.33. The van der Waals surface area contributed by atoms with E-state index in [1.165, 1.54) is 16.2 Å². The van der Waals surface area contributed by atoms with Crippen LogP contribution >= 0.6 is 11.3 Å². The molecule has 1 rings (SSSR count). The fourth-order valence-electron chi connectivity index (χ4n) is 1.53. The average molecular weight is 309 g/mol. The molecule has 0 aliphatic rings. The number of alkyl halides is 3. The quantitative estimate of drug-likeness (QED) is 0.896. The van der Waals surface area contributed by atoms with E-state index in [-0.39, 0.29) is 11.6 Å². The predicted octanol–water partition coefficient (Wildman–Crippen LogP) is 3.81. The number of thiazole rings is 1. The maximum atomic E-state index is 12.6. The molecule has 0 radical (unpaired) electrons. The SMILES string of the molecule is CC(C)N(CC(F)(F)F)c1ncc(CNC(C)(C)C)s1. The highest BCUT2D eigenvalue weighted by molar-refractivity contribution is 7.15. The van der Waals surface area contributed by atoms with Crippen molar-refractivity contribution in [2.75, 3.05) is 11.4 Å². The number of anilines is 1. The lowest BCUT2D eigenvalue weighted by atomic mass is 10.1. The summed E-state index contributed by atoms with van der Waals surface area (Å²) in [4.78, 5) is 6.34. The van der Waals surface area contributed by atoms with Gasteiger partial charge in [-0.2, -0.15) is 13.2 Å². The second-order valence-electron chi connectivity index (χ2n) is 6.05. The first-order valence-electron chi connectivity index (χ1n) is 6.51. The Morgan fingerprint density at radius 1 is 1.30 bits per heavy atom. The van der Waals surface area contributed by atoms with E-state index in [0.717, 1.165) is 4.88 Å². The van der Waals surface area contributed by atoms with Gasteiger partial charge >= 0.3 is 6.18 Å². The molecule has 0 saturated carbocycles. The molecule has 0 fully saturated rings. The van der Waals surface area contributed by atoms with E-state index >= 15 is 0 Å². The van der Waals surface area contributed by atoms with Crippen molar-refractivity contribution in [3.8, 4) is 0 Å². The van der Waals surface area contributed by atoms with Gasteiger partial charge in [-0.3, -0.25) is 0 Å². The lowest BCUT2D eigenvalue weighted by molar-refractivity contribution is -0.120. The Morgan fingerprint density at radius 3 is 2.35 bits per heavy atom. The first kappa shape index (κ1) is 17.2. The molecule has 0 amide bonds. The summed E-state index contributed by atoms with van der Waals surface area (Å²) in [6.45, 7) is 9.24. The summed E-state index contributed by atoms with van der Waals surface area (Å²) in [6, 6.07) is -0.244. The zero-order valence-corrected chi connectivity index (χ0v) is 13.3. The summed E-state index contributed by atoms with van der Waals surface area (Å²) < 4.78 is 37.8. The molecule has 0 bridgehead atoms. The van der Waals surface area contributed by atoms with Crippen molar-refractivity contribution >= 4 is 16.5 Å². The molecule has 0 spiro atoms. The van der Waals surface area contributed by atoms with Crippen molar-refractivity contribution in [3.63, 3.8) is 0 Å². The van der Waals surface area contributed by atoms with Crippen LogP contribution in [0.1, 0.15) is 39.5 Å². The van der Waals surface area contributed by atoms with E-state index in [1.807, 2.05) is 20.8 Å². The molecular formula is C13H22F3N3S. The van der Waals surface area contributed by atoms with Gasteiger partial charge in [0.15, 0.2) is 5.13 Å². The standard InChI is InChI=1S/C13H22F3N3S/c1-9(2)19(8-13(14,15)16)11-17-6-10(20-11)7-18-12(3,4)5/h6,9,18H,7-8H2,1-5H3. The van der Waals surface area contributed by atoms with Crippen LogP contribution in [0.5, 0.6) is 0 Å². The first-order chi connectivity index (χ1) is 8.98. The van der Waals surface area contributed by atoms with E-state index in [1.54, 1.807) is 20.0 Å². The summed E-state index contributed by atoms with van der Waals surface area (Å²) in [5.41, 5.74) is -0.0339. The highest BCUT2D eigenvalue weighted by Crippen LogP contribution is 2.28. The summed E-state index contributed by atoms with van der Waals surface area (Å²) in [5, 5.41) is 3.72. The van der Waals surface area contributed by atoms with Crippen molar-refractivity contribution in [3.05, 3.63) is 11.1 Å². The maximum absolute atomic E-state index is 12.6. The van der Waals surface area contributed by atoms with Gasteiger partial charge < -0.3 is 10.2 Å². The largest absolute Gasteiger partial charge is 0.406 e. The number of rotatable bonds is 5. The van der Waals surface area contributed by atoms with Crippen LogP contribution in [0.25, 0.3) is 0 Å². The number of nitrogens with zero attached hydrogens (tertiary/aromatic N) is 2. The van der Waals surface area contributed by atoms with E-state index in [4.69, 9.17) is 0 Å². The van der Waals surface area contributed by atoms with Gasteiger partial charge in [0.05, 0.1) is 0 Å². The van der Waals surface area contributed by atoms with Gasteiger partial charge in [0.2, 0.25) is 0 Å². The molecule has 0 aliphatic carbocycles. The molecule has 1 N–H and O–H groups in total. The monoisotopic (exact) mass is 309 g/mol. The first-order valence-corrected chi connectivity index (χ1v) is 7.33. The Bertz CT molecular complexity index is 421. The molecule has 1 aromatic rings. The molecule has 0 atom stereocenters. The maximum Gasteiger partial charge on any atom is 0.406 e. The summed E-state index contributed by atoms with van der Waals surface area (Å²) in [7, 11) is 0. The van der Waals surface area contributed by atoms with Gasteiger partial charge in [0, 0.05) is 29.2 Å². The van der Waals surface area contributed by atoms with E-state index in [0.29, 0.717) is 11.7 Å². The van der Waals surface area contributed by atoms with Crippen molar-refractivity contribution in [1.29, 1.82) is 0 Å². The smallest absolute Gasteiger partial charge is 0.337 e. The van der Waals surface area contributed by atoms with Crippen LogP contribution in [-0.2, 0) is 6.54 Å². The number of halogens is 3. The van der Waals surface area contributed by atoms with E-state index in [2.05, 4.69) is 10.3 Å². The van der Waals surface area contributed by atoms with Gasteiger partial charge in [-0.05, 0) is 34.6 Å². The van der Waals surface area contributed by atoms with Crippen LogP contribution in [0.4, 0.5) is 18.3 Å². The van der Waals surface area contributed by atoms with Crippen molar-refractivity contribution < 1.29 is 13.2 Å². The van der Waals surface area contributed by atoms with Gasteiger partial charge in [-0.15, -0.1) is 11.3 Å². The third-order valence-electron chi connectivity index (χ3n) is 2.55. The van der Waals surface area contributed by atoms with Crippen LogP contribution in [0.2, 0.25) is 0 Å². The molecule has 0 aliphatic heterocycles. The second-order valence-corrected chi connectivity index (χ2v) is 7.14. The second kappa shape index (κ2) is 6.30. The summed E-state index contributed by atoms with van der Waals surface area (Å²) in [6.07, 6.45) is -2.58. The molecule has 1 aromatic heterocycles. The third kappa shape index (κ3) is 6.09. The normalized spacial score (nSPS) is 13.1. The zero-order valence-electron chi connectivity index (χ0n) is 12.5. The van der Waals surface area contributed by atoms with Crippen molar-refractivity contribution in [2.24, 2.45) is 0 Å². The van der Waals surface area contributed by atoms with Crippen molar-refractivity contribution in [2.45, 2.75) is 58.9 Å². The number of nitrogens with one attached hydrogen (secondary N) is 1. The van der Waals surface area contributed by atoms with Gasteiger partial charge in [0.25, 0.3) is 0 Å². The molecule has 7 heteroatoms. The molecule has 0 aromatic carbocycles. The summed E-state index contributed by atoms with van der Waals surface area (Å²) >= 11 is 1.30. The Hall–Kier alpha value is -0.820. The molecule has 0 unspecified atom stereocenters. The van der Waals surface area contributed by atoms with E-state index < -0.39 is 12.7 Å². The third-order valence-corrected chi connectivity index (χ3v) is 3.59. The number of hydrogen-bond donors (Lipinski definition) is 1. The van der Waals surface area contributed by atoms with Crippen LogP contribution < -0.4 is 10.2 Å². The minimum Gasteiger partial charge on any atom is -0.337 e. The fourth-order valence-corrected chi connectivity index (χ4v) is 2.51. The van der Waals surface area contributed by atoms with Gasteiger partial charge in [-0.1, -0.05) is 0 Å². The molecule has 116 valence electrons. The van der Waals surface area contributed by atoms with Gasteiger partial charge in [-0.25, -0.2) is 4.98 Å². The molecule has 20 heavy (non-hydrogen) atoms. The van der Waals surface area contributed by atoms with Crippen LogP contribution in [-0.4, -0.2) is 29.3 Å². The van der Waals surface area contributed by atoms with Crippen LogP contribution in [0, 0.1) is 0 Å². The zero-order chi connectivity index (χ0) is 15.6. The Kier molecular flexibility index (Phi) is 5.43. The topological polar surface area (TPSA) is 28.2 Å². The number of aromatic nitrogens is 1. The Morgan fingerprint density at radius 2 is 1.90 bits per heavy atom. The minimum atomic E-state index is -4.22. The fraction of sp³-hybridized carbons (Fsp3) is 0.769. The molecular weight excluding hydrogens is 287 g/mol. The number of hydrogen-bond acceptors (Lipinski definition) is 4. The molecule has 1 heterocycles. The van der Waals surface area contributed by atoms with Crippen molar-refractivity contribution in [1.82, 2.24) is 10.3 Å². The Labute approximate surface area is 122 Å². The van der Waals surface area contributed by atoms with E-state index in [9.17, 15) is 13.2 Å². The average Bonchev–Trinajstić information content (AvgIpc) is 2.69.